The number of anilines is 1. The van der Waals surface area contributed by atoms with E-state index in [-0.39, 0.29) is 16.3 Å². The lowest BCUT2D eigenvalue weighted by atomic mass is 10.2. The number of benzene rings is 1. The monoisotopic (exact) mass is 252 g/mol. The Morgan fingerprint density at radius 1 is 1.50 bits per heavy atom. The van der Waals surface area contributed by atoms with E-state index in [2.05, 4.69) is 0 Å². The Hall–Kier alpha value is -0.620. The number of carbonyl (C=O) groups excluding carboxylic acids is 1. The summed E-state index contributed by atoms with van der Waals surface area (Å²) in [5, 5.41) is -0.489. The van der Waals surface area contributed by atoms with Gasteiger partial charge in [-0.1, -0.05) is 11.6 Å². The van der Waals surface area contributed by atoms with E-state index in [1.54, 1.807) is 0 Å². The van der Waals surface area contributed by atoms with Crippen LogP contribution in [0.1, 0.15) is 10.4 Å². The minimum atomic E-state index is -2.49. The van der Waals surface area contributed by atoms with Crippen LogP contribution in [0.4, 0.5) is 5.69 Å². The van der Waals surface area contributed by atoms with Crippen molar-refractivity contribution in [3.8, 4) is 0 Å². The third-order valence-corrected chi connectivity index (χ3v) is 2.32. The number of hydrogen-bond donors (Lipinski definition) is 1. The molecule has 1 N–H and O–H groups in total. The number of nitrogens with one attached hydrogen (secondary N) is 1. The first kappa shape index (κ1) is 11.5. The molecule has 0 aliphatic rings. The summed E-state index contributed by atoms with van der Waals surface area (Å²) in [6, 6.07) is 4.04. The molecule has 1 atom stereocenters. The van der Waals surface area contributed by atoms with E-state index in [0.29, 0.717) is 0 Å². The van der Waals surface area contributed by atoms with Crippen molar-refractivity contribution in [1.82, 2.24) is 0 Å². The maximum atomic E-state index is 10.7. The molecule has 0 aliphatic carbocycles. The molecule has 1 rings (SSSR count). The van der Waals surface area contributed by atoms with E-state index in [0.717, 1.165) is 0 Å². The molecular weight excluding hydrogens is 249 g/mol. The van der Waals surface area contributed by atoms with Gasteiger partial charge >= 0.3 is 0 Å². The summed E-state index contributed by atoms with van der Waals surface area (Å²) in [4.78, 5) is 10.7. The summed E-state index contributed by atoms with van der Waals surface area (Å²) < 4.78 is 22.7. The third kappa shape index (κ3) is 2.95. The van der Waals surface area contributed by atoms with Gasteiger partial charge in [0, 0.05) is 16.8 Å². The smallest absolute Gasteiger partial charge is 0.252 e. The quantitative estimate of drug-likeness (QED) is 0.660. The van der Waals surface area contributed by atoms with Crippen molar-refractivity contribution in [2.24, 2.45) is 0 Å². The molecule has 0 saturated heterocycles. The molecule has 0 fully saturated rings. The van der Waals surface area contributed by atoms with Crippen molar-refractivity contribution in [1.29, 1.82) is 0 Å². The maximum absolute atomic E-state index is 10.7. The highest BCUT2D eigenvalue weighted by atomic mass is 35.5. The molecule has 0 bridgehead atoms. The summed E-state index contributed by atoms with van der Waals surface area (Å²) in [5.41, 5.74) is 0.288. The van der Waals surface area contributed by atoms with Crippen molar-refractivity contribution in [3.05, 3.63) is 28.8 Å². The molecule has 0 heterocycles. The molecule has 4 nitrogen and oxygen atoms in total. The summed E-state index contributed by atoms with van der Waals surface area (Å²) in [7, 11) is 0. The topological polar surface area (TPSA) is 69.2 Å². The Labute approximate surface area is 92.6 Å². The van der Waals surface area contributed by atoms with Gasteiger partial charge in [0.15, 0.2) is 0 Å². The molecular formula is C7H4Cl2NO3S-. The van der Waals surface area contributed by atoms with Gasteiger partial charge in [0.05, 0.1) is 10.7 Å². The van der Waals surface area contributed by atoms with Crippen LogP contribution in [0.3, 0.4) is 0 Å². The van der Waals surface area contributed by atoms with Crippen LogP contribution < -0.4 is 4.72 Å². The van der Waals surface area contributed by atoms with Crippen molar-refractivity contribution < 1.29 is 13.6 Å². The molecule has 7 heteroatoms. The van der Waals surface area contributed by atoms with Crippen molar-refractivity contribution in [2.75, 3.05) is 4.72 Å². The second-order valence-electron chi connectivity index (χ2n) is 2.31. The van der Waals surface area contributed by atoms with Crippen LogP contribution in [0.15, 0.2) is 18.2 Å². The van der Waals surface area contributed by atoms with Gasteiger partial charge in [-0.2, -0.15) is 0 Å². The molecule has 0 spiro atoms. The molecule has 76 valence electrons. The van der Waals surface area contributed by atoms with Crippen molar-refractivity contribution in [2.45, 2.75) is 0 Å². The van der Waals surface area contributed by atoms with E-state index in [4.69, 9.17) is 23.2 Å². The summed E-state index contributed by atoms with van der Waals surface area (Å²) >= 11 is 8.37. The Bertz CT molecular complexity index is 397. The van der Waals surface area contributed by atoms with Crippen LogP contribution in [0, 0.1) is 0 Å². The van der Waals surface area contributed by atoms with Crippen LogP contribution in [0.5, 0.6) is 0 Å². The van der Waals surface area contributed by atoms with E-state index in [1.165, 1.54) is 18.2 Å². The van der Waals surface area contributed by atoms with Crippen molar-refractivity contribution >= 4 is 45.4 Å². The first-order chi connectivity index (χ1) is 6.50. The average molecular weight is 253 g/mol. The van der Waals surface area contributed by atoms with Crippen LogP contribution in [-0.2, 0) is 11.3 Å². The van der Waals surface area contributed by atoms with E-state index >= 15 is 0 Å². The van der Waals surface area contributed by atoms with Crippen LogP contribution in [0.2, 0.25) is 5.02 Å². The fourth-order valence-electron chi connectivity index (χ4n) is 0.816. The van der Waals surface area contributed by atoms with Gasteiger partial charge in [0.25, 0.3) is 5.24 Å². The first-order valence-corrected chi connectivity index (χ1v) is 5.19. The number of hydrogen-bond acceptors (Lipinski definition) is 3. The third-order valence-electron chi connectivity index (χ3n) is 1.39. The lowest BCUT2D eigenvalue weighted by Gasteiger charge is -2.10. The largest absolute Gasteiger partial charge is 0.755 e. The Balaban J connectivity index is 3.08. The molecule has 0 radical (unpaired) electrons. The Morgan fingerprint density at radius 2 is 2.14 bits per heavy atom. The predicted molar refractivity (Wildman–Crippen MR) is 54.2 cm³/mol. The predicted octanol–water partition coefficient (Wildman–Crippen LogP) is 1.92. The highest BCUT2D eigenvalue weighted by Gasteiger charge is 2.06. The molecule has 0 aromatic heterocycles. The van der Waals surface area contributed by atoms with Gasteiger partial charge in [-0.05, 0) is 29.8 Å². The van der Waals surface area contributed by atoms with Gasteiger partial charge < -0.3 is 9.27 Å². The lowest BCUT2D eigenvalue weighted by molar-refractivity contribution is 0.108. The fraction of sp³-hybridized carbons (Fsp3) is 0. The van der Waals surface area contributed by atoms with E-state index in [1.807, 2.05) is 4.72 Å². The van der Waals surface area contributed by atoms with Crippen LogP contribution in [0.25, 0.3) is 0 Å². The second-order valence-corrected chi connectivity index (χ2v) is 3.73. The van der Waals surface area contributed by atoms with E-state index in [9.17, 15) is 13.6 Å². The summed E-state index contributed by atoms with van der Waals surface area (Å²) in [6.07, 6.45) is 0. The minimum absolute atomic E-state index is 0.117. The van der Waals surface area contributed by atoms with Crippen molar-refractivity contribution in [3.63, 3.8) is 0 Å². The highest BCUT2D eigenvalue weighted by molar-refractivity contribution is 7.80. The molecule has 0 saturated carbocycles. The van der Waals surface area contributed by atoms with Gasteiger partial charge in [0.1, 0.15) is 0 Å². The average Bonchev–Trinajstić information content (AvgIpc) is 2.07. The molecule has 1 unspecified atom stereocenters. The minimum Gasteiger partial charge on any atom is -0.755 e. The molecule has 0 amide bonds. The van der Waals surface area contributed by atoms with Gasteiger partial charge in [-0.25, -0.2) is 0 Å². The maximum Gasteiger partial charge on any atom is 0.252 e. The van der Waals surface area contributed by atoms with Gasteiger partial charge in [0.2, 0.25) is 0 Å². The lowest BCUT2D eigenvalue weighted by Crippen LogP contribution is -2.03. The zero-order valence-corrected chi connectivity index (χ0v) is 8.95. The normalized spacial score (nSPS) is 12.2. The van der Waals surface area contributed by atoms with Gasteiger partial charge in [-0.15, -0.1) is 0 Å². The standard InChI is InChI=1S/C7H5Cl2NO3S/c8-5-2-1-4(7(9)11)3-6(5)10-14(12)13/h1-3,10H,(H,12,13)/p-1. The van der Waals surface area contributed by atoms with E-state index < -0.39 is 16.5 Å². The molecule has 1 aromatic rings. The zero-order valence-electron chi connectivity index (χ0n) is 6.62. The fourth-order valence-corrected chi connectivity index (χ4v) is 1.50. The molecule has 14 heavy (non-hydrogen) atoms. The zero-order chi connectivity index (χ0) is 10.7. The molecule has 1 aromatic carbocycles. The summed E-state index contributed by atoms with van der Waals surface area (Å²) in [5.74, 6) is 0. The Morgan fingerprint density at radius 3 is 2.64 bits per heavy atom. The number of rotatable bonds is 3. The molecule has 0 aliphatic heterocycles. The van der Waals surface area contributed by atoms with Crippen LogP contribution in [-0.4, -0.2) is 14.0 Å². The SMILES string of the molecule is O=C(Cl)c1ccc(Cl)c(NS(=O)[O-])c1. The van der Waals surface area contributed by atoms with Crippen LogP contribution >= 0.6 is 23.2 Å². The first-order valence-electron chi connectivity index (χ1n) is 3.36. The number of halogens is 2. The highest BCUT2D eigenvalue weighted by Crippen LogP contribution is 2.23. The Kier molecular flexibility index (Phi) is 3.88. The van der Waals surface area contributed by atoms with Gasteiger partial charge in [-0.3, -0.25) is 9.00 Å². The summed E-state index contributed by atoms with van der Waals surface area (Å²) in [6.45, 7) is 0. The number of carbonyl (C=O) groups is 1. The second kappa shape index (κ2) is 4.75.